The SMILES string of the molecule is O=C(CCCCCl)Nc1cccc(CN2CCCC2)c1. The predicted molar refractivity (Wildman–Crippen MR) is 84.2 cm³/mol. The van der Waals surface area contributed by atoms with Gasteiger partial charge in [0.25, 0.3) is 0 Å². The number of halogens is 1. The van der Waals surface area contributed by atoms with Gasteiger partial charge in [-0.15, -0.1) is 11.6 Å². The van der Waals surface area contributed by atoms with Gasteiger partial charge in [-0.05, 0) is 56.5 Å². The van der Waals surface area contributed by atoms with E-state index in [0.717, 1.165) is 25.1 Å². The van der Waals surface area contributed by atoms with Crippen LogP contribution in [0.15, 0.2) is 24.3 Å². The Labute approximate surface area is 126 Å². The molecule has 1 saturated heterocycles. The van der Waals surface area contributed by atoms with Crippen LogP contribution in [0, 0.1) is 0 Å². The van der Waals surface area contributed by atoms with Gasteiger partial charge in [-0.25, -0.2) is 0 Å². The van der Waals surface area contributed by atoms with Crippen LogP contribution in [-0.2, 0) is 11.3 Å². The van der Waals surface area contributed by atoms with Crippen LogP contribution in [0.4, 0.5) is 5.69 Å². The number of amides is 1. The minimum Gasteiger partial charge on any atom is -0.326 e. The van der Waals surface area contributed by atoms with E-state index in [9.17, 15) is 4.79 Å². The molecule has 20 heavy (non-hydrogen) atoms. The molecule has 0 unspecified atom stereocenters. The monoisotopic (exact) mass is 294 g/mol. The molecule has 1 fully saturated rings. The van der Waals surface area contributed by atoms with Crippen molar-refractivity contribution in [1.82, 2.24) is 4.90 Å². The number of benzene rings is 1. The van der Waals surface area contributed by atoms with Gasteiger partial charge in [0.1, 0.15) is 0 Å². The average molecular weight is 295 g/mol. The fraction of sp³-hybridized carbons (Fsp3) is 0.562. The van der Waals surface area contributed by atoms with Crippen molar-refractivity contribution in [1.29, 1.82) is 0 Å². The maximum Gasteiger partial charge on any atom is 0.224 e. The van der Waals surface area contributed by atoms with Crippen molar-refractivity contribution in [3.8, 4) is 0 Å². The Bertz CT molecular complexity index is 430. The van der Waals surface area contributed by atoms with E-state index in [2.05, 4.69) is 22.3 Å². The molecular weight excluding hydrogens is 272 g/mol. The highest BCUT2D eigenvalue weighted by Gasteiger charge is 2.12. The molecule has 0 atom stereocenters. The van der Waals surface area contributed by atoms with Gasteiger partial charge in [-0.2, -0.15) is 0 Å². The van der Waals surface area contributed by atoms with Crippen LogP contribution in [0.5, 0.6) is 0 Å². The molecular formula is C16H23ClN2O. The molecule has 3 nitrogen and oxygen atoms in total. The Morgan fingerprint density at radius 2 is 2.05 bits per heavy atom. The number of alkyl halides is 1. The van der Waals surface area contributed by atoms with E-state index in [1.165, 1.54) is 31.5 Å². The quantitative estimate of drug-likeness (QED) is 0.615. The largest absolute Gasteiger partial charge is 0.326 e. The third kappa shape index (κ3) is 5.14. The van der Waals surface area contributed by atoms with E-state index in [-0.39, 0.29) is 5.91 Å². The second kappa shape index (κ2) is 8.28. The molecule has 1 aliphatic heterocycles. The Morgan fingerprint density at radius 3 is 2.80 bits per heavy atom. The third-order valence-electron chi connectivity index (χ3n) is 3.60. The third-order valence-corrected chi connectivity index (χ3v) is 3.87. The van der Waals surface area contributed by atoms with E-state index in [4.69, 9.17) is 11.6 Å². The number of likely N-dealkylation sites (tertiary alicyclic amines) is 1. The van der Waals surface area contributed by atoms with E-state index in [1.807, 2.05) is 12.1 Å². The summed E-state index contributed by atoms with van der Waals surface area (Å²) in [4.78, 5) is 14.2. The highest BCUT2D eigenvalue weighted by Crippen LogP contribution is 2.16. The number of carbonyl (C=O) groups is 1. The molecule has 0 bridgehead atoms. The summed E-state index contributed by atoms with van der Waals surface area (Å²) in [5, 5.41) is 2.97. The topological polar surface area (TPSA) is 32.3 Å². The molecule has 1 aromatic carbocycles. The molecule has 0 aromatic heterocycles. The Hall–Kier alpha value is -1.06. The van der Waals surface area contributed by atoms with Crippen molar-refractivity contribution in [2.24, 2.45) is 0 Å². The molecule has 0 radical (unpaired) electrons. The number of unbranched alkanes of at least 4 members (excludes halogenated alkanes) is 1. The summed E-state index contributed by atoms with van der Waals surface area (Å²) in [5.41, 5.74) is 2.17. The fourth-order valence-electron chi connectivity index (χ4n) is 2.55. The lowest BCUT2D eigenvalue weighted by Crippen LogP contribution is -2.18. The standard InChI is InChI=1S/C16H23ClN2O/c17-9-2-1-8-16(20)18-15-7-5-6-14(12-15)13-19-10-3-4-11-19/h5-7,12H,1-4,8-11,13H2,(H,18,20). The van der Waals surface area contributed by atoms with E-state index in [1.54, 1.807) is 0 Å². The van der Waals surface area contributed by atoms with Gasteiger partial charge in [0.2, 0.25) is 5.91 Å². The summed E-state index contributed by atoms with van der Waals surface area (Å²) in [6, 6.07) is 8.17. The summed E-state index contributed by atoms with van der Waals surface area (Å²) in [7, 11) is 0. The first-order chi connectivity index (χ1) is 9.78. The van der Waals surface area contributed by atoms with Crippen molar-refractivity contribution in [3.63, 3.8) is 0 Å². The number of nitrogens with one attached hydrogen (secondary N) is 1. The average Bonchev–Trinajstić information content (AvgIpc) is 2.92. The summed E-state index contributed by atoms with van der Waals surface area (Å²) in [5.74, 6) is 0.701. The molecule has 1 aromatic rings. The maximum absolute atomic E-state index is 11.8. The Kier molecular flexibility index (Phi) is 6.34. The van der Waals surface area contributed by atoms with Crippen molar-refractivity contribution in [2.75, 3.05) is 24.3 Å². The van der Waals surface area contributed by atoms with Gasteiger partial charge in [-0.1, -0.05) is 12.1 Å². The lowest BCUT2D eigenvalue weighted by atomic mass is 10.2. The fourth-order valence-corrected chi connectivity index (χ4v) is 2.74. The van der Waals surface area contributed by atoms with E-state index < -0.39 is 0 Å². The molecule has 2 rings (SSSR count). The van der Waals surface area contributed by atoms with Gasteiger partial charge in [0.05, 0.1) is 0 Å². The molecule has 1 amide bonds. The minimum absolute atomic E-state index is 0.0773. The van der Waals surface area contributed by atoms with Crippen molar-refractivity contribution < 1.29 is 4.79 Å². The van der Waals surface area contributed by atoms with Crippen LogP contribution in [0.3, 0.4) is 0 Å². The summed E-state index contributed by atoms with van der Waals surface area (Å²) < 4.78 is 0. The van der Waals surface area contributed by atoms with Crippen LogP contribution in [0.1, 0.15) is 37.7 Å². The number of hydrogen-bond donors (Lipinski definition) is 1. The van der Waals surface area contributed by atoms with Crippen LogP contribution in [0.2, 0.25) is 0 Å². The van der Waals surface area contributed by atoms with Gasteiger partial charge in [-0.3, -0.25) is 9.69 Å². The van der Waals surface area contributed by atoms with Crippen LogP contribution in [-0.4, -0.2) is 29.8 Å². The molecule has 1 aliphatic rings. The Morgan fingerprint density at radius 1 is 1.25 bits per heavy atom. The first-order valence-electron chi connectivity index (χ1n) is 7.45. The number of anilines is 1. The zero-order chi connectivity index (χ0) is 14.2. The zero-order valence-corrected chi connectivity index (χ0v) is 12.7. The number of nitrogens with zero attached hydrogens (tertiary/aromatic N) is 1. The number of carbonyl (C=O) groups excluding carboxylic acids is 1. The second-order valence-corrected chi connectivity index (χ2v) is 5.76. The molecule has 1 N–H and O–H groups in total. The zero-order valence-electron chi connectivity index (χ0n) is 11.9. The van der Waals surface area contributed by atoms with Crippen LogP contribution < -0.4 is 5.32 Å². The molecule has 4 heteroatoms. The highest BCUT2D eigenvalue weighted by atomic mass is 35.5. The lowest BCUT2D eigenvalue weighted by Gasteiger charge is -2.15. The predicted octanol–water partition coefficient (Wildman–Crippen LogP) is 3.63. The van der Waals surface area contributed by atoms with E-state index in [0.29, 0.717) is 12.3 Å². The Balaban J connectivity index is 1.83. The van der Waals surface area contributed by atoms with Crippen LogP contribution >= 0.6 is 11.6 Å². The van der Waals surface area contributed by atoms with E-state index >= 15 is 0 Å². The molecule has 0 spiro atoms. The normalized spacial score (nSPS) is 15.4. The van der Waals surface area contributed by atoms with Gasteiger partial charge >= 0.3 is 0 Å². The van der Waals surface area contributed by atoms with Gasteiger partial charge in [0, 0.05) is 24.5 Å². The van der Waals surface area contributed by atoms with Gasteiger partial charge < -0.3 is 5.32 Å². The first kappa shape index (κ1) is 15.3. The van der Waals surface area contributed by atoms with Crippen molar-refractivity contribution in [3.05, 3.63) is 29.8 Å². The van der Waals surface area contributed by atoms with Gasteiger partial charge in [0.15, 0.2) is 0 Å². The maximum atomic E-state index is 11.8. The number of rotatable bonds is 7. The summed E-state index contributed by atoms with van der Waals surface area (Å²) >= 11 is 5.61. The smallest absolute Gasteiger partial charge is 0.224 e. The molecule has 110 valence electrons. The molecule has 0 aliphatic carbocycles. The van der Waals surface area contributed by atoms with Crippen molar-refractivity contribution >= 4 is 23.2 Å². The summed E-state index contributed by atoms with van der Waals surface area (Å²) in [6.45, 7) is 3.36. The summed E-state index contributed by atoms with van der Waals surface area (Å²) in [6.07, 6.45) is 4.89. The highest BCUT2D eigenvalue weighted by molar-refractivity contribution is 6.17. The molecule has 1 heterocycles. The molecule has 0 saturated carbocycles. The first-order valence-corrected chi connectivity index (χ1v) is 7.98. The van der Waals surface area contributed by atoms with Crippen LogP contribution in [0.25, 0.3) is 0 Å². The minimum atomic E-state index is 0.0773. The second-order valence-electron chi connectivity index (χ2n) is 5.38. The van der Waals surface area contributed by atoms with Crippen molar-refractivity contribution in [2.45, 2.75) is 38.6 Å². The lowest BCUT2D eigenvalue weighted by molar-refractivity contribution is -0.116. The number of hydrogen-bond acceptors (Lipinski definition) is 2.